The second kappa shape index (κ2) is 8.48. The van der Waals surface area contributed by atoms with Crippen LogP contribution in [0.15, 0.2) is 121 Å². The molecule has 0 aliphatic carbocycles. The van der Waals surface area contributed by atoms with Gasteiger partial charge < -0.3 is 0 Å². The first-order chi connectivity index (χ1) is 19.2. The van der Waals surface area contributed by atoms with Crippen LogP contribution in [0.1, 0.15) is 0 Å². The molecular weight excluding hydrogens is 466 g/mol. The summed E-state index contributed by atoms with van der Waals surface area (Å²) in [5.74, 6) is 0. The van der Waals surface area contributed by atoms with Crippen molar-refractivity contribution in [3.05, 3.63) is 121 Å². The maximum atomic E-state index is 2.42. The average molecular weight is 492 g/mol. The van der Waals surface area contributed by atoms with E-state index in [1.165, 1.54) is 86.7 Å². The van der Waals surface area contributed by atoms with E-state index >= 15 is 0 Å². The monoisotopic (exact) mass is 492 g/mol. The zero-order valence-electron chi connectivity index (χ0n) is 22.3. The Morgan fingerprint density at radius 2 is 1.03 bits per heavy atom. The van der Waals surface area contributed by atoms with Crippen molar-refractivity contribution in [1.29, 1.82) is 0 Å². The number of hydrogen-bond donors (Lipinski definition) is 0. The lowest BCUT2D eigenvalue weighted by atomic mass is 9.68. The van der Waals surface area contributed by atoms with Gasteiger partial charge in [-0.2, -0.15) is 0 Å². The van der Waals surface area contributed by atoms with Crippen molar-refractivity contribution < 1.29 is 0 Å². The van der Waals surface area contributed by atoms with Gasteiger partial charge in [0.25, 0.3) is 0 Å². The molecule has 8 rings (SSSR count). The Labute approximate surface area is 229 Å². The highest BCUT2D eigenvalue weighted by Crippen LogP contribution is 2.38. The summed E-state index contributed by atoms with van der Waals surface area (Å²) in [6, 6.07) is 45.3. The van der Waals surface area contributed by atoms with Crippen LogP contribution in [-0.4, -0.2) is 15.1 Å². The molecule has 0 radical (unpaired) electrons. The predicted octanol–water partition coefficient (Wildman–Crippen LogP) is 7.64. The quantitative estimate of drug-likeness (QED) is 0.132. The van der Waals surface area contributed by atoms with Crippen LogP contribution in [0.3, 0.4) is 0 Å². The Kier molecular flexibility index (Phi) is 4.88. The molecule has 0 saturated carbocycles. The third kappa shape index (κ3) is 3.28. The fraction of sp³-hybridized carbons (Fsp3) is 0.0270. The number of fused-ring (bicyclic) bond motifs is 8. The van der Waals surface area contributed by atoms with E-state index in [0.717, 1.165) is 7.28 Å². The first kappa shape index (κ1) is 22.4. The largest absolute Gasteiger partial charge is 0.156 e. The zero-order chi connectivity index (χ0) is 26.1. The Hall–Kier alpha value is -4.55. The van der Waals surface area contributed by atoms with Crippen LogP contribution in [0.5, 0.6) is 0 Å². The topological polar surface area (TPSA) is 0 Å². The van der Waals surface area contributed by atoms with Crippen molar-refractivity contribution in [2.24, 2.45) is 0 Å². The van der Waals surface area contributed by atoms with E-state index < -0.39 is 0 Å². The third-order valence-electron chi connectivity index (χ3n) is 8.79. The van der Waals surface area contributed by atoms with E-state index in [4.69, 9.17) is 0 Å². The minimum absolute atomic E-state index is 1.03. The van der Waals surface area contributed by atoms with Gasteiger partial charge in [-0.25, -0.2) is 0 Å². The van der Waals surface area contributed by atoms with Gasteiger partial charge in [0.2, 0.25) is 0 Å². The molecule has 0 heterocycles. The Balaban J connectivity index is 1.42. The molecule has 0 aliphatic rings. The van der Waals surface area contributed by atoms with Crippen molar-refractivity contribution in [3.63, 3.8) is 0 Å². The molecule has 8 aromatic rings. The molecule has 0 bridgehead atoms. The molecule has 0 aromatic heterocycles. The Bertz CT molecular complexity index is 2280. The molecule has 39 heavy (non-hydrogen) atoms. The zero-order valence-corrected chi connectivity index (χ0v) is 22.3. The van der Waals surface area contributed by atoms with Gasteiger partial charge in [0.1, 0.15) is 7.85 Å². The first-order valence-electron chi connectivity index (χ1n) is 13.9. The smallest absolute Gasteiger partial charge is 0.0848 e. The van der Waals surface area contributed by atoms with Gasteiger partial charge >= 0.3 is 0 Å². The standard InChI is InChI=1S/C37H26B2/c1-39-37-28-11-5-3-9-23(28)20-33-26-16-14-25(18-24(26)15-17-31(33)37)32-21-35-34(30-13-7-6-12-29(30)32)19-22-8-2-4-10-27(22)36(35)38/h2-21,39H,38H2,1H3. The number of benzene rings is 8. The highest BCUT2D eigenvalue weighted by molar-refractivity contribution is 6.60. The average Bonchev–Trinajstić information content (AvgIpc) is 2.99. The molecule has 0 saturated heterocycles. The minimum atomic E-state index is 1.03. The fourth-order valence-corrected chi connectivity index (χ4v) is 6.89. The van der Waals surface area contributed by atoms with Gasteiger partial charge in [0.15, 0.2) is 7.28 Å². The molecule has 0 aliphatic heterocycles. The molecule has 8 aromatic carbocycles. The van der Waals surface area contributed by atoms with E-state index in [2.05, 4.69) is 136 Å². The third-order valence-corrected chi connectivity index (χ3v) is 8.79. The summed E-state index contributed by atoms with van der Waals surface area (Å²) in [7, 11) is 3.30. The number of hydrogen-bond acceptors (Lipinski definition) is 0. The highest BCUT2D eigenvalue weighted by atomic mass is 14.2. The summed E-state index contributed by atoms with van der Waals surface area (Å²) in [6.07, 6.45) is 0. The van der Waals surface area contributed by atoms with Crippen molar-refractivity contribution in [2.75, 3.05) is 0 Å². The van der Waals surface area contributed by atoms with Gasteiger partial charge in [-0.15, -0.1) is 0 Å². The molecule has 0 atom stereocenters. The van der Waals surface area contributed by atoms with Crippen LogP contribution < -0.4 is 10.9 Å². The van der Waals surface area contributed by atoms with Crippen molar-refractivity contribution in [3.8, 4) is 11.1 Å². The van der Waals surface area contributed by atoms with E-state index in [9.17, 15) is 0 Å². The van der Waals surface area contributed by atoms with Crippen molar-refractivity contribution in [1.82, 2.24) is 0 Å². The minimum Gasteiger partial charge on any atom is -0.0848 e. The molecule has 2 heteroatoms. The van der Waals surface area contributed by atoms with Gasteiger partial charge in [0.05, 0.1) is 0 Å². The van der Waals surface area contributed by atoms with Gasteiger partial charge in [0, 0.05) is 0 Å². The van der Waals surface area contributed by atoms with Crippen LogP contribution in [-0.2, 0) is 0 Å². The SMILES string of the molecule is Bc1c2ccccc2cc2c1cc(-c1ccc3c(ccc4c(BC)c5ccccc5cc43)c1)c1ccccc12. The van der Waals surface area contributed by atoms with Gasteiger partial charge in [-0.05, 0) is 100 Å². The normalized spacial score (nSPS) is 11.8. The van der Waals surface area contributed by atoms with E-state index in [1.807, 2.05) is 0 Å². The fourth-order valence-electron chi connectivity index (χ4n) is 6.89. The molecule has 0 unspecified atom stereocenters. The summed E-state index contributed by atoms with van der Waals surface area (Å²) in [4.78, 5) is 0. The predicted molar refractivity (Wildman–Crippen MR) is 178 cm³/mol. The lowest BCUT2D eigenvalue weighted by molar-refractivity contribution is 1.72. The van der Waals surface area contributed by atoms with Crippen LogP contribution in [0, 0.1) is 0 Å². The van der Waals surface area contributed by atoms with E-state index in [-0.39, 0.29) is 0 Å². The number of rotatable bonds is 2. The lowest BCUT2D eigenvalue weighted by Crippen LogP contribution is -2.13. The molecule has 0 amide bonds. The lowest BCUT2D eigenvalue weighted by Gasteiger charge is -2.16. The maximum absolute atomic E-state index is 2.42. The second-order valence-electron chi connectivity index (χ2n) is 10.8. The van der Waals surface area contributed by atoms with Crippen molar-refractivity contribution >= 4 is 90.7 Å². The van der Waals surface area contributed by atoms with Crippen LogP contribution in [0.25, 0.3) is 75.8 Å². The maximum Gasteiger partial charge on any atom is 0.156 e. The summed E-state index contributed by atoms with van der Waals surface area (Å²) in [6.45, 7) is 2.27. The molecule has 0 spiro atoms. The molecule has 180 valence electrons. The summed E-state index contributed by atoms with van der Waals surface area (Å²) < 4.78 is 0. The van der Waals surface area contributed by atoms with Crippen LogP contribution in [0.4, 0.5) is 0 Å². The van der Waals surface area contributed by atoms with Crippen LogP contribution >= 0.6 is 0 Å². The van der Waals surface area contributed by atoms with Crippen molar-refractivity contribution in [2.45, 2.75) is 6.82 Å². The molecule has 0 fully saturated rings. The van der Waals surface area contributed by atoms with E-state index in [1.54, 1.807) is 0 Å². The summed E-state index contributed by atoms with van der Waals surface area (Å²) in [5.41, 5.74) is 5.36. The summed E-state index contributed by atoms with van der Waals surface area (Å²) >= 11 is 0. The molecular formula is C37H26B2. The Morgan fingerprint density at radius 3 is 1.79 bits per heavy atom. The van der Waals surface area contributed by atoms with Crippen LogP contribution in [0.2, 0.25) is 6.82 Å². The molecule has 0 nitrogen and oxygen atoms in total. The molecule has 0 N–H and O–H groups in total. The van der Waals surface area contributed by atoms with Gasteiger partial charge in [-0.3, -0.25) is 0 Å². The van der Waals surface area contributed by atoms with E-state index in [0.29, 0.717) is 0 Å². The first-order valence-corrected chi connectivity index (χ1v) is 13.9. The second-order valence-corrected chi connectivity index (χ2v) is 10.8. The summed E-state index contributed by atoms with van der Waals surface area (Å²) in [5, 5.41) is 15.9. The highest BCUT2D eigenvalue weighted by Gasteiger charge is 2.14. The Morgan fingerprint density at radius 1 is 0.436 bits per heavy atom. The van der Waals surface area contributed by atoms with Gasteiger partial charge in [-0.1, -0.05) is 115 Å².